The van der Waals surface area contributed by atoms with Gasteiger partial charge in [-0.05, 0) is 57.0 Å². The van der Waals surface area contributed by atoms with Crippen LogP contribution in [0, 0.1) is 13.8 Å². The van der Waals surface area contributed by atoms with E-state index in [0.29, 0.717) is 19.5 Å². The smallest absolute Gasteiger partial charge is 0.323 e. The first-order valence-corrected chi connectivity index (χ1v) is 7.28. The van der Waals surface area contributed by atoms with Gasteiger partial charge < -0.3 is 15.0 Å². The maximum Gasteiger partial charge on any atom is 0.323 e. The van der Waals surface area contributed by atoms with Crippen LogP contribution in [0.3, 0.4) is 0 Å². The topological polar surface area (TPSA) is 67.2 Å². The zero-order chi connectivity index (χ0) is 15.6. The van der Waals surface area contributed by atoms with E-state index in [1.54, 1.807) is 13.3 Å². The highest BCUT2D eigenvalue weighted by atomic mass is 16.4. The van der Waals surface area contributed by atoms with Crippen molar-refractivity contribution in [2.24, 2.45) is 0 Å². The summed E-state index contributed by atoms with van der Waals surface area (Å²) in [4.78, 5) is 15.9. The van der Waals surface area contributed by atoms with Crippen molar-refractivity contribution in [3.05, 3.63) is 29.6 Å². The number of nitrogens with zero attached hydrogens (tertiary/aromatic N) is 2. The third-order valence-corrected chi connectivity index (χ3v) is 4.13. The maximum atomic E-state index is 11.4. The third-order valence-electron chi connectivity index (χ3n) is 4.13. The van der Waals surface area contributed by atoms with E-state index in [0.717, 1.165) is 11.0 Å². The predicted molar refractivity (Wildman–Crippen MR) is 83.5 cm³/mol. The summed E-state index contributed by atoms with van der Waals surface area (Å²) in [5.41, 5.74) is 3.54. The molecule has 2 N–H and O–H groups in total. The molecule has 1 aromatic carbocycles. The van der Waals surface area contributed by atoms with E-state index >= 15 is 0 Å². The molecule has 0 fully saturated rings. The van der Waals surface area contributed by atoms with Crippen LogP contribution in [-0.4, -0.2) is 32.7 Å². The number of nitrogens with one attached hydrogen (secondary N) is 1. The van der Waals surface area contributed by atoms with Gasteiger partial charge in [-0.1, -0.05) is 6.92 Å². The average Bonchev–Trinajstić information content (AvgIpc) is 2.79. The van der Waals surface area contributed by atoms with Gasteiger partial charge in [-0.3, -0.25) is 4.79 Å². The quantitative estimate of drug-likeness (QED) is 0.857. The SMILES string of the molecule is CCNC(C)(CCn1cnc2cc(C)c(C)cc21)C(=O)O. The van der Waals surface area contributed by atoms with Crippen molar-refractivity contribution in [1.82, 2.24) is 14.9 Å². The number of carboxylic acid groups (broad SMARTS) is 1. The molecule has 1 atom stereocenters. The van der Waals surface area contributed by atoms with Crippen LogP contribution >= 0.6 is 0 Å². The van der Waals surface area contributed by atoms with Crippen LogP contribution in [0.15, 0.2) is 18.5 Å². The molecule has 5 nitrogen and oxygen atoms in total. The zero-order valence-corrected chi connectivity index (χ0v) is 13.1. The van der Waals surface area contributed by atoms with Gasteiger partial charge in [-0.15, -0.1) is 0 Å². The van der Waals surface area contributed by atoms with Crippen molar-refractivity contribution in [1.29, 1.82) is 0 Å². The minimum absolute atomic E-state index is 0.508. The largest absolute Gasteiger partial charge is 0.480 e. The Hall–Kier alpha value is -1.88. The minimum Gasteiger partial charge on any atom is -0.480 e. The van der Waals surface area contributed by atoms with Gasteiger partial charge in [0, 0.05) is 6.54 Å². The van der Waals surface area contributed by atoms with Crippen LogP contribution in [0.25, 0.3) is 11.0 Å². The first-order valence-electron chi connectivity index (χ1n) is 7.28. The zero-order valence-electron chi connectivity index (χ0n) is 13.1. The van der Waals surface area contributed by atoms with E-state index in [-0.39, 0.29) is 0 Å². The van der Waals surface area contributed by atoms with Crippen molar-refractivity contribution in [3.63, 3.8) is 0 Å². The van der Waals surface area contributed by atoms with E-state index in [9.17, 15) is 9.90 Å². The number of hydrogen-bond acceptors (Lipinski definition) is 3. The Morgan fingerprint density at radius 2 is 2.05 bits per heavy atom. The molecule has 0 aliphatic rings. The highest BCUT2D eigenvalue weighted by Crippen LogP contribution is 2.20. The summed E-state index contributed by atoms with van der Waals surface area (Å²) in [6.07, 6.45) is 2.30. The molecule has 1 aromatic heterocycles. The number of carbonyl (C=O) groups is 1. The summed E-state index contributed by atoms with van der Waals surface area (Å²) in [5.74, 6) is -0.819. The van der Waals surface area contributed by atoms with Gasteiger partial charge in [0.25, 0.3) is 0 Å². The van der Waals surface area contributed by atoms with E-state index in [1.807, 2.05) is 11.5 Å². The minimum atomic E-state index is -0.912. The Kier molecular flexibility index (Phi) is 4.32. The highest BCUT2D eigenvalue weighted by Gasteiger charge is 2.31. The number of aliphatic carboxylic acids is 1. The van der Waals surface area contributed by atoms with Gasteiger partial charge in [0.15, 0.2) is 0 Å². The predicted octanol–water partition coefficient (Wildman–Crippen LogP) is 2.50. The fraction of sp³-hybridized carbons (Fsp3) is 0.500. The van der Waals surface area contributed by atoms with Crippen molar-refractivity contribution in [2.75, 3.05) is 6.54 Å². The van der Waals surface area contributed by atoms with E-state index in [1.165, 1.54) is 11.1 Å². The standard InChI is InChI=1S/C16H23N3O2/c1-5-18-16(4,15(20)21)6-7-19-10-17-13-8-11(2)12(3)9-14(13)19/h8-10,18H,5-7H2,1-4H3,(H,20,21). The summed E-state index contributed by atoms with van der Waals surface area (Å²) in [5, 5.41) is 12.5. The molecule has 1 heterocycles. The van der Waals surface area contributed by atoms with Gasteiger partial charge in [0.1, 0.15) is 5.54 Å². The molecule has 114 valence electrons. The normalized spacial score (nSPS) is 14.3. The van der Waals surface area contributed by atoms with E-state index in [2.05, 4.69) is 36.3 Å². The molecule has 0 saturated heterocycles. The van der Waals surface area contributed by atoms with Crippen LogP contribution in [0.5, 0.6) is 0 Å². The fourth-order valence-electron chi connectivity index (χ4n) is 2.50. The summed E-state index contributed by atoms with van der Waals surface area (Å²) >= 11 is 0. The lowest BCUT2D eigenvalue weighted by atomic mass is 9.98. The lowest BCUT2D eigenvalue weighted by Crippen LogP contribution is -2.50. The van der Waals surface area contributed by atoms with Crippen LogP contribution in [-0.2, 0) is 11.3 Å². The Bertz CT molecular complexity index is 663. The number of benzene rings is 1. The van der Waals surface area contributed by atoms with E-state index in [4.69, 9.17) is 0 Å². The summed E-state index contributed by atoms with van der Waals surface area (Å²) < 4.78 is 2.03. The number of aryl methyl sites for hydroxylation is 3. The Morgan fingerprint density at radius 1 is 1.38 bits per heavy atom. The number of rotatable bonds is 6. The average molecular weight is 289 g/mol. The van der Waals surface area contributed by atoms with Gasteiger partial charge in [0.2, 0.25) is 0 Å². The number of carboxylic acids is 1. The van der Waals surface area contributed by atoms with Crippen molar-refractivity contribution < 1.29 is 9.90 Å². The maximum absolute atomic E-state index is 11.4. The van der Waals surface area contributed by atoms with Crippen LogP contribution in [0.2, 0.25) is 0 Å². The second kappa shape index (κ2) is 5.85. The monoisotopic (exact) mass is 289 g/mol. The highest BCUT2D eigenvalue weighted by molar-refractivity contribution is 5.79. The second-order valence-corrected chi connectivity index (χ2v) is 5.78. The second-order valence-electron chi connectivity index (χ2n) is 5.78. The van der Waals surface area contributed by atoms with E-state index < -0.39 is 11.5 Å². The molecular formula is C16H23N3O2. The number of aromatic nitrogens is 2. The number of likely N-dealkylation sites (N-methyl/N-ethyl adjacent to an activating group) is 1. The molecule has 2 rings (SSSR count). The molecule has 21 heavy (non-hydrogen) atoms. The molecule has 0 radical (unpaired) electrons. The summed E-state index contributed by atoms with van der Waals surface area (Å²) in [6.45, 7) is 9.04. The van der Waals surface area contributed by atoms with Gasteiger partial charge in [-0.2, -0.15) is 0 Å². The molecule has 0 amide bonds. The van der Waals surface area contributed by atoms with Crippen molar-refractivity contribution in [3.8, 4) is 0 Å². The molecule has 5 heteroatoms. The van der Waals surface area contributed by atoms with Crippen LogP contribution in [0.4, 0.5) is 0 Å². The lowest BCUT2D eigenvalue weighted by Gasteiger charge is -2.26. The van der Waals surface area contributed by atoms with Gasteiger partial charge in [-0.25, -0.2) is 4.98 Å². The molecule has 0 bridgehead atoms. The van der Waals surface area contributed by atoms with Crippen LogP contribution < -0.4 is 5.32 Å². The summed E-state index contributed by atoms with van der Waals surface area (Å²) in [7, 11) is 0. The first kappa shape index (κ1) is 15.5. The molecule has 0 spiro atoms. The lowest BCUT2D eigenvalue weighted by molar-refractivity contribution is -0.144. The fourth-order valence-corrected chi connectivity index (χ4v) is 2.50. The number of imidazole rings is 1. The van der Waals surface area contributed by atoms with Crippen LogP contribution in [0.1, 0.15) is 31.4 Å². The summed E-state index contributed by atoms with van der Waals surface area (Å²) in [6, 6.07) is 4.19. The van der Waals surface area contributed by atoms with Crippen molar-refractivity contribution in [2.45, 2.75) is 46.2 Å². The van der Waals surface area contributed by atoms with Gasteiger partial charge in [0.05, 0.1) is 17.4 Å². The Labute approximate surface area is 125 Å². The Morgan fingerprint density at radius 3 is 2.67 bits per heavy atom. The molecule has 0 saturated carbocycles. The molecule has 1 unspecified atom stereocenters. The third kappa shape index (κ3) is 3.08. The number of fused-ring (bicyclic) bond motifs is 1. The molecule has 0 aliphatic carbocycles. The van der Waals surface area contributed by atoms with Crippen molar-refractivity contribution >= 4 is 17.0 Å². The molecule has 0 aliphatic heterocycles. The first-order chi connectivity index (χ1) is 9.87. The Balaban J connectivity index is 2.24. The van der Waals surface area contributed by atoms with Gasteiger partial charge >= 0.3 is 5.97 Å². The molecule has 2 aromatic rings. The number of hydrogen-bond donors (Lipinski definition) is 2. The molecular weight excluding hydrogens is 266 g/mol.